The molecule has 1 rings (SSSR count). The third kappa shape index (κ3) is 2.71. The first-order chi connectivity index (χ1) is 6.54. The van der Waals surface area contributed by atoms with Crippen molar-refractivity contribution in [1.82, 2.24) is 10.2 Å². The summed E-state index contributed by atoms with van der Waals surface area (Å²) in [5, 5.41) is 3.37. The van der Waals surface area contributed by atoms with E-state index >= 15 is 0 Å². The van der Waals surface area contributed by atoms with Gasteiger partial charge in [-0.3, -0.25) is 4.79 Å². The van der Waals surface area contributed by atoms with E-state index in [-0.39, 0.29) is 11.9 Å². The molecule has 1 unspecified atom stereocenters. The van der Waals surface area contributed by atoms with Crippen molar-refractivity contribution in [2.75, 3.05) is 13.6 Å². The Hall–Kier alpha value is -0.570. The predicted octanol–water partition coefficient (Wildman–Crippen LogP) is 1.24. The number of hydrogen-bond donors (Lipinski definition) is 1. The van der Waals surface area contributed by atoms with Gasteiger partial charge in [0.15, 0.2) is 0 Å². The Bertz CT molecular complexity index is 199. The summed E-state index contributed by atoms with van der Waals surface area (Å²) in [5.74, 6) is 1.03. The van der Waals surface area contributed by atoms with Crippen LogP contribution in [0.25, 0.3) is 0 Å². The van der Waals surface area contributed by atoms with Crippen LogP contribution in [-0.4, -0.2) is 36.5 Å². The molecule has 0 spiro atoms. The number of nitrogens with one attached hydrogen (secondary N) is 1. The Kier molecular flexibility index (Phi) is 3.93. The van der Waals surface area contributed by atoms with Gasteiger partial charge in [0.05, 0.1) is 6.04 Å². The highest BCUT2D eigenvalue weighted by molar-refractivity contribution is 5.81. The fourth-order valence-corrected chi connectivity index (χ4v) is 1.95. The van der Waals surface area contributed by atoms with Crippen LogP contribution in [0.15, 0.2) is 0 Å². The fourth-order valence-electron chi connectivity index (χ4n) is 1.95. The monoisotopic (exact) mass is 198 g/mol. The van der Waals surface area contributed by atoms with Crippen LogP contribution in [0, 0.1) is 5.92 Å². The molecule has 0 radical (unpaired) electrons. The molecule has 1 amide bonds. The smallest absolute Gasteiger partial charge is 0.239 e. The van der Waals surface area contributed by atoms with Crippen LogP contribution in [-0.2, 0) is 4.79 Å². The van der Waals surface area contributed by atoms with E-state index in [1.54, 1.807) is 4.90 Å². The number of carbonyl (C=O) groups excluding carboxylic acids is 1. The minimum Gasteiger partial charge on any atom is -0.345 e. The van der Waals surface area contributed by atoms with Gasteiger partial charge in [0.2, 0.25) is 5.91 Å². The van der Waals surface area contributed by atoms with E-state index in [1.807, 2.05) is 20.9 Å². The molecule has 0 aromatic carbocycles. The molecule has 0 aromatic heterocycles. The first kappa shape index (κ1) is 11.5. The summed E-state index contributed by atoms with van der Waals surface area (Å²) in [4.78, 5) is 13.5. The minimum atomic E-state index is -0.0301. The van der Waals surface area contributed by atoms with Crippen molar-refractivity contribution in [1.29, 1.82) is 0 Å². The Balaban J connectivity index is 2.27. The highest BCUT2D eigenvalue weighted by atomic mass is 16.2. The molecular weight excluding hydrogens is 176 g/mol. The molecule has 0 saturated heterocycles. The standard InChI is InChI=1S/C11H22N2O/c1-5-13(4)11(14)9(3)12-10-6-8(2)7-10/h8-10,12H,5-7H2,1-4H3. The van der Waals surface area contributed by atoms with E-state index in [4.69, 9.17) is 0 Å². The summed E-state index contributed by atoms with van der Waals surface area (Å²) in [5.41, 5.74) is 0. The number of rotatable bonds is 4. The Morgan fingerprint density at radius 3 is 2.57 bits per heavy atom. The SMILES string of the molecule is CCN(C)C(=O)C(C)NC1CC(C)C1. The van der Waals surface area contributed by atoms with Gasteiger partial charge in [0.1, 0.15) is 0 Å². The van der Waals surface area contributed by atoms with E-state index in [1.165, 1.54) is 12.8 Å². The van der Waals surface area contributed by atoms with Crippen molar-refractivity contribution in [3.8, 4) is 0 Å². The van der Waals surface area contributed by atoms with Crippen LogP contribution in [0.3, 0.4) is 0 Å². The van der Waals surface area contributed by atoms with Crippen LogP contribution in [0.1, 0.15) is 33.6 Å². The van der Waals surface area contributed by atoms with Crippen molar-refractivity contribution in [2.45, 2.75) is 45.7 Å². The van der Waals surface area contributed by atoms with Crippen LogP contribution in [0.2, 0.25) is 0 Å². The molecule has 1 aliphatic rings. The lowest BCUT2D eigenvalue weighted by Crippen LogP contribution is -2.51. The molecule has 0 aliphatic heterocycles. The van der Waals surface area contributed by atoms with Crippen LogP contribution in [0.5, 0.6) is 0 Å². The second-order valence-corrected chi connectivity index (χ2v) is 4.51. The molecule has 14 heavy (non-hydrogen) atoms. The summed E-state index contributed by atoms with van der Waals surface area (Å²) < 4.78 is 0. The van der Waals surface area contributed by atoms with Crippen LogP contribution in [0.4, 0.5) is 0 Å². The summed E-state index contributed by atoms with van der Waals surface area (Å²) in [6.07, 6.45) is 2.43. The van der Waals surface area contributed by atoms with Crippen molar-refractivity contribution in [2.24, 2.45) is 5.92 Å². The van der Waals surface area contributed by atoms with Crippen molar-refractivity contribution in [3.05, 3.63) is 0 Å². The van der Waals surface area contributed by atoms with Crippen molar-refractivity contribution in [3.63, 3.8) is 0 Å². The minimum absolute atomic E-state index is 0.0301. The zero-order valence-corrected chi connectivity index (χ0v) is 9.71. The van der Waals surface area contributed by atoms with Gasteiger partial charge in [-0.1, -0.05) is 6.92 Å². The fraction of sp³-hybridized carbons (Fsp3) is 0.909. The molecule has 3 nitrogen and oxygen atoms in total. The number of likely N-dealkylation sites (N-methyl/N-ethyl adjacent to an activating group) is 1. The molecular formula is C11H22N2O. The zero-order valence-electron chi connectivity index (χ0n) is 9.71. The van der Waals surface area contributed by atoms with E-state index in [2.05, 4.69) is 12.2 Å². The van der Waals surface area contributed by atoms with E-state index in [0.717, 1.165) is 12.5 Å². The maximum Gasteiger partial charge on any atom is 0.239 e. The largest absolute Gasteiger partial charge is 0.345 e. The summed E-state index contributed by atoms with van der Waals surface area (Å²) in [6.45, 7) is 6.99. The van der Waals surface area contributed by atoms with Gasteiger partial charge in [-0.2, -0.15) is 0 Å². The van der Waals surface area contributed by atoms with E-state index in [9.17, 15) is 4.79 Å². The second-order valence-electron chi connectivity index (χ2n) is 4.51. The lowest BCUT2D eigenvalue weighted by molar-refractivity contribution is -0.132. The van der Waals surface area contributed by atoms with Crippen LogP contribution >= 0.6 is 0 Å². The summed E-state index contributed by atoms with van der Waals surface area (Å²) in [6, 6.07) is 0.534. The van der Waals surface area contributed by atoms with Gasteiger partial charge >= 0.3 is 0 Å². The average molecular weight is 198 g/mol. The van der Waals surface area contributed by atoms with Gasteiger partial charge in [-0.15, -0.1) is 0 Å². The zero-order chi connectivity index (χ0) is 10.7. The third-order valence-corrected chi connectivity index (χ3v) is 3.08. The Morgan fingerprint density at radius 2 is 2.14 bits per heavy atom. The lowest BCUT2D eigenvalue weighted by Gasteiger charge is -2.36. The molecule has 1 saturated carbocycles. The molecule has 0 bridgehead atoms. The summed E-state index contributed by atoms with van der Waals surface area (Å²) in [7, 11) is 1.85. The number of hydrogen-bond acceptors (Lipinski definition) is 2. The Morgan fingerprint density at radius 1 is 1.57 bits per heavy atom. The first-order valence-corrected chi connectivity index (χ1v) is 5.55. The molecule has 1 fully saturated rings. The van der Waals surface area contributed by atoms with Gasteiger partial charge in [-0.05, 0) is 32.6 Å². The van der Waals surface area contributed by atoms with E-state index in [0.29, 0.717) is 6.04 Å². The van der Waals surface area contributed by atoms with E-state index < -0.39 is 0 Å². The highest BCUT2D eigenvalue weighted by Gasteiger charge is 2.28. The molecule has 1 atom stereocenters. The topological polar surface area (TPSA) is 32.3 Å². The van der Waals surface area contributed by atoms with Crippen molar-refractivity contribution >= 4 is 5.91 Å². The number of nitrogens with zero attached hydrogens (tertiary/aromatic N) is 1. The third-order valence-electron chi connectivity index (χ3n) is 3.08. The number of carbonyl (C=O) groups is 1. The van der Waals surface area contributed by atoms with Gasteiger partial charge < -0.3 is 10.2 Å². The van der Waals surface area contributed by atoms with Crippen LogP contribution < -0.4 is 5.32 Å². The Labute approximate surface area is 86.9 Å². The van der Waals surface area contributed by atoms with Gasteiger partial charge in [0.25, 0.3) is 0 Å². The maximum atomic E-state index is 11.7. The molecule has 3 heteroatoms. The van der Waals surface area contributed by atoms with Gasteiger partial charge in [0, 0.05) is 19.6 Å². The summed E-state index contributed by atoms with van der Waals surface area (Å²) >= 11 is 0. The highest BCUT2D eigenvalue weighted by Crippen LogP contribution is 2.26. The second kappa shape index (κ2) is 4.78. The molecule has 0 heterocycles. The number of amides is 1. The average Bonchev–Trinajstić information content (AvgIpc) is 2.12. The molecule has 82 valence electrons. The molecule has 1 aliphatic carbocycles. The molecule has 1 N–H and O–H groups in total. The lowest BCUT2D eigenvalue weighted by atomic mass is 9.81. The normalized spacial score (nSPS) is 28.0. The maximum absolute atomic E-state index is 11.7. The predicted molar refractivity (Wildman–Crippen MR) is 58.1 cm³/mol. The van der Waals surface area contributed by atoms with Crippen molar-refractivity contribution < 1.29 is 4.79 Å². The van der Waals surface area contributed by atoms with Gasteiger partial charge in [-0.25, -0.2) is 0 Å². The molecule has 0 aromatic rings. The first-order valence-electron chi connectivity index (χ1n) is 5.55. The quantitative estimate of drug-likeness (QED) is 0.737.